The molecule has 2 N–H and O–H groups in total. The van der Waals surface area contributed by atoms with Gasteiger partial charge in [0.25, 0.3) is 5.91 Å². The summed E-state index contributed by atoms with van der Waals surface area (Å²) in [6.45, 7) is 5.69. The average Bonchev–Trinajstić information content (AvgIpc) is 2.86. The Balaban J connectivity index is 1.70. The summed E-state index contributed by atoms with van der Waals surface area (Å²) in [6, 6.07) is 21.9. The SMILES string of the molecule is COc1ccccc1C(C)(C)CC(O)(Cc1ccccc1)C(=O)Nc1ccc2c(=O)onc(C)c2c1. The molecule has 1 heterocycles. The van der Waals surface area contributed by atoms with Crippen LogP contribution in [0, 0.1) is 6.92 Å². The highest BCUT2D eigenvalue weighted by Crippen LogP contribution is 2.39. The van der Waals surface area contributed by atoms with E-state index in [4.69, 9.17) is 9.26 Å². The predicted molar refractivity (Wildman–Crippen MR) is 139 cm³/mol. The molecule has 0 saturated carbocycles. The van der Waals surface area contributed by atoms with Crippen LogP contribution in [-0.4, -0.2) is 28.9 Å². The Kier molecular flexibility index (Phi) is 6.95. The maximum absolute atomic E-state index is 13.7. The van der Waals surface area contributed by atoms with E-state index in [0.717, 1.165) is 11.1 Å². The lowest BCUT2D eigenvalue weighted by molar-refractivity contribution is -0.136. The van der Waals surface area contributed by atoms with Crippen molar-refractivity contribution in [1.29, 1.82) is 0 Å². The van der Waals surface area contributed by atoms with Gasteiger partial charge >= 0.3 is 5.63 Å². The van der Waals surface area contributed by atoms with E-state index in [-0.39, 0.29) is 12.8 Å². The fourth-order valence-electron chi connectivity index (χ4n) is 4.74. The Morgan fingerprint density at radius 2 is 1.72 bits per heavy atom. The van der Waals surface area contributed by atoms with Crippen molar-refractivity contribution in [2.45, 2.75) is 44.6 Å². The number of methoxy groups -OCH3 is 1. The van der Waals surface area contributed by atoms with Gasteiger partial charge in [0.2, 0.25) is 0 Å². The number of rotatable bonds is 8. The number of hydrogen-bond acceptors (Lipinski definition) is 6. The van der Waals surface area contributed by atoms with Crippen molar-refractivity contribution in [1.82, 2.24) is 5.16 Å². The van der Waals surface area contributed by atoms with Crippen LogP contribution in [-0.2, 0) is 16.6 Å². The molecule has 0 aliphatic rings. The normalized spacial score (nSPS) is 13.2. The molecule has 7 heteroatoms. The van der Waals surface area contributed by atoms with Crippen LogP contribution in [0.3, 0.4) is 0 Å². The van der Waals surface area contributed by atoms with Gasteiger partial charge in [0.1, 0.15) is 11.4 Å². The Morgan fingerprint density at radius 1 is 1.03 bits per heavy atom. The number of aliphatic hydroxyl groups is 1. The highest BCUT2D eigenvalue weighted by Gasteiger charge is 2.42. The van der Waals surface area contributed by atoms with Crippen LogP contribution in [0.2, 0.25) is 0 Å². The second kappa shape index (κ2) is 9.95. The van der Waals surface area contributed by atoms with Crippen molar-refractivity contribution >= 4 is 22.4 Å². The van der Waals surface area contributed by atoms with Crippen LogP contribution >= 0.6 is 0 Å². The quantitative estimate of drug-likeness (QED) is 0.372. The molecular weight excluding hydrogens is 456 g/mol. The fraction of sp³-hybridized carbons (Fsp3) is 0.276. The zero-order valence-electron chi connectivity index (χ0n) is 20.9. The monoisotopic (exact) mass is 486 g/mol. The molecule has 0 radical (unpaired) electrons. The van der Waals surface area contributed by atoms with Crippen molar-refractivity contribution < 1.29 is 19.2 Å². The maximum atomic E-state index is 13.7. The molecule has 0 aliphatic heterocycles. The zero-order chi connectivity index (χ0) is 25.9. The second-order valence-electron chi connectivity index (χ2n) is 9.72. The highest BCUT2D eigenvalue weighted by atomic mass is 16.5. The van der Waals surface area contributed by atoms with Crippen molar-refractivity contribution in [2.24, 2.45) is 0 Å². The Bertz CT molecular complexity index is 1450. The molecule has 1 unspecified atom stereocenters. The van der Waals surface area contributed by atoms with Gasteiger partial charge in [0, 0.05) is 17.5 Å². The number of anilines is 1. The van der Waals surface area contributed by atoms with Crippen molar-refractivity contribution in [3.8, 4) is 5.75 Å². The Morgan fingerprint density at radius 3 is 2.44 bits per heavy atom. The van der Waals surface area contributed by atoms with Gasteiger partial charge in [-0.3, -0.25) is 4.79 Å². The van der Waals surface area contributed by atoms with Crippen LogP contribution in [0.25, 0.3) is 10.8 Å². The summed E-state index contributed by atoms with van der Waals surface area (Å²) in [7, 11) is 1.61. The number of ether oxygens (including phenoxy) is 1. The molecule has 7 nitrogen and oxygen atoms in total. The third-order valence-electron chi connectivity index (χ3n) is 6.49. The molecular formula is C29H30N2O5. The molecule has 1 amide bonds. The van der Waals surface area contributed by atoms with Gasteiger partial charge in [-0.1, -0.05) is 67.5 Å². The predicted octanol–water partition coefficient (Wildman–Crippen LogP) is 4.79. The van der Waals surface area contributed by atoms with E-state index in [1.165, 1.54) is 0 Å². The topological polar surface area (TPSA) is 102 Å². The molecule has 0 fully saturated rings. The third kappa shape index (κ3) is 5.16. The number of aromatic nitrogens is 1. The van der Waals surface area contributed by atoms with Gasteiger partial charge in [-0.05, 0) is 54.2 Å². The minimum atomic E-state index is -1.75. The van der Waals surface area contributed by atoms with Crippen molar-refractivity contribution in [3.05, 3.63) is 100 Å². The van der Waals surface area contributed by atoms with Crippen LogP contribution in [0.5, 0.6) is 5.75 Å². The molecule has 36 heavy (non-hydrogen) atoms. The average molecular weight is 487 g/mol. The second-order valence-corrected chi connectivity index (χ2v) is 9.72. The summed E-state index contributed by atoms with van der Waals surface area (Å²) in [5.74, 6) is 0.156. The molecule has 186 valence electrons. The molecule has 1 atom stereocenters. The molecule has 3 aromatic carbocycles. The number of benzene rings is 3. The van der Waals surface area contributed by atoms with E-state index < -0.39 is 22.5 Å². The van der Waals surface area contributed by atoms with E-state index in [9.17, 15) is 14.7 Å². The molecule has 4 rings (SSSR count). The van der Waals surface area contributed by atoms with E-state index >= 15 is 0 Å². The number of hydrogen-bond donors (Lipinski definition) is 2. The van der Waals surface area contributed by atoms with E-state index in [1.807, 2.05) is 68.4 Å². The number of para-hydroxylation sites is 1. The maximum Gasteiger partial charge on any atom is 0.366 e. The highest BCUT2D eigenvalue weighted by molar-refractivity contribution is 5.99. The first-order valence-electron chi connectivity index (χ1n) is 11.7. The van der Waals surface area contributed by atoms with Crippen molar-refractivity contribution in [3.63, 3.8) is 0 Å². The molecule has 0 saturated heterocycles. The van der Waals surface area contributed by atoms with Gasteiger partial charge in [-0.2, -0.15) is 0 Å². The van der Waals surface area contributed by atoms with Gasteiger partial charge in [0.05, 0.1) is 18.2 Å². The molecule has 0 bridgehead atoms. The minimum absolute atomic E-state index is 0.121. The minimum Gasteiger partial charge on any atom is -0.496 e. The van der Waals surface area contributed by atoms with Crippen LogP contribution < -0.4 is 15.7 Å². The summed E-state index contributed by atoms with van der Waals surface area (Å²) in [5.41, 5.74) is -0.192. The number of nitrogens with zero attached hydrogens (tertiary/aromatic N) is 1. The number of amides is 1. The lowest BCUT2D eigenvalue weighted by atomic mass is 9.72. The smallest absolute Gasteiger partial charge is 0.366 e. The molecule has 0 aliphatic carbocycles. The van der Waals surface area contributed by atoms with Gasteiger partial charge in [-0.25, -0.2) is 4.79 Å². The van der Waals surface area contributed by atoms with Crippen molar-refractivity contribution in [2.75, 3.05) is 12.4 Å². The summed E-state index contributed by atoms with van der Waals surface area (Å²) < 4.78 is 10.3. The standard InChI is InChI=1S/C29H30N2O5/c1-19-23-16-21(14-15-22(23)26(32)36-31-19)30-27(33)29(34,17-20-10-6-5-7-11-20)18-28(2,3)24-12-8-9-13-25(24)35-4/h5-16,34H,17-18H2,1-4H3,(H,30,33). The van der Waals surface area contributed by atoms with E-state index in [1.54, 1.807) is 32.2 Å². The molecule has 1 aromatic heterocycles. The van der Waals surface area contributed by atoms with E-state index in [0.29, 0.717) is 27.9 Å². The van der Waals surface area contributed by atoms with Gasteiger partial charge in [-0.15, -0.1) is 0 Å². The summed E-state index contributed by atoms with van der Waals surface area (Å²) >= 11 is 0. The number of nitrogens with one attached hydrogen (secondary N) is 1. The number of fused-ring (bicyclic) bond motifs is 1. The lowest BCUT2D eigenvalue weighted by Gasteiger charge is -2.36. The molecule has 4 aromatic rings. The lowest BCUT2D eigenvalue weighted by Crippen LogP contribution is -2.49. The van der Waals surface area contributed by atoms with Crippen LogP contribution in [0.1, 0.15) is 37.1 Å². The van der Waals surface area contributed by atoms with Gasteiger partial charge in [0.15, 0.2) is 0 Å². The number of aryl methyl sites for hydroxylation is 1. The summed E-state index contributed by atoms with van der Waals surface area (Å²) in [5, 5.41) is 19.5. The van der Waals surface area contributed by atoms with Crippen LogP contribution in [0.15, 0.2) is 82.1 Å². The van der Waals surface area contributed by atoms with Gasteiger partial charge < -0.3 is 19.7 Å². The van der Waals surface area contributed by atoms with E-state index in [2.05, 4.69) is 10.5 Å². The number of carbonyl (C=O) groups is 1. The third-order valence-corrected chi connectivity index (χ3v) is 6.49. The zero-order valence-corrected chi connectivity index (χ0v) is 20.9. The first-order valence-corrected chi connectivity index (χ1v) is 11.7. The fourth-order valence-corrected chi connectivity index (χ4v) is 4.74. The Labute approximate surface area is 209 Å². The first kappa shape index (κ1) is 25.1. The summed E-state index contributed by atoms with van der Waals surface area (Å²) in [6.07, 6.45) is 0.259. The molecule has 0 spiro atoms. The first-order chi connectivity index (χ1) is 17.1. The Hall–Kier alpha value is -3.97. The number of carbonyl (C=O) groups excluding carboxylic acids is 1. The largest absolute Gasteiger partial charge is 0.496 e. The van der Waals surface area contributed by atoms with Crippen LogP contribution in [0.4, 0.5) is 5.69 Å². The summed E-state index contributed by atoms with van der Waals surface area (Å²) in [4.78, 5) is 25.7.